The largest absolute Gasteiger partial charge is 0.481 e. The number of nitrogens with zero attached hydrogens (tertiary/aromatic N) is 1. The highest BCUT2D eigenvalue weighted by molar-refractivity contribution is 7.15. The molecule has 9 heteroatoms. The lowest BCUT2D eigenvalue weighted by Crippen LogP contribution is -2.19. The lowest BCUT2D eigenvalue weighted by molar-refractivity contribution is -0.140. The number of aromatic nitrogens is 1. The molecule has 7 nitrogen and oxygen atoms in total. The van der Waals surface area contributed by atoms with Gasteiger partial charge in [-0.2, -0.15) is 0 Å². The molecule has 1 aliphatic carbocycles. The first-order valence-corrected chi connectivity index (χ1v) is 10.4. The van der Waals surface area contributed by atoms with Gasteiger partial charge in [-0.05, 0) is 36.6 Å². The van der Waals surface area contributed by atoms with Crippen LogP contribution in [0.3, 0.4) is 0 Å². The highest BCUT2D eigenvalue weighted by atomic mass is 35.5. The molecule has 3 aromatic rings. The highest BCUT2D eigenvalue weighted by Gasteiger charge is 2.52. The van der Waals surface area contributed by atoms with Gasteiger partial charge in [-0.1, -0.05) is 47.2 Å². The Labute approximate surface area is 181 Å². The van der Waals surface area contributed by atoms with Crippen LogP contribution in [0.4, 0.5) is 5.13 Å². The Morgan fingerprint density at radius 1 is 1.20 bits per heavy atom. The molecule has 1 aliphatic heterocycles. The zero-order valence-corrected chi connectivity index (χ0v) is 17.3. The van der Waals surface area contributed by atoms with Gasteiger partial charge in [0.2, 0.25) is 6.79 Å². The smallest absolute Gasteiger partial charge is 0.314 e. The van der Waals surface area contributed by atoms with Crippen LogP contribution in [-0.2, 0) is 10.2 Å². The molecule has 1 saturated carbocycles. The van der Waals surface area contributed by atoms with Gasteiger partial charge in [-0.25, -0.2) is 4.98 Å². The van der Waals surface area contributed by atoms with Crippen molar-refractivity contribution in [2.45, 2.75) is 24.4 Å². The van der Waals surface area contributed by atoms with E-state index in [9.17, 15) is 9.90 Å². The first kappa shape index (κ1) is 20.5. The Balaban J connectivity index is 0.000000145. The summed E-state index contributed by atoms with van der Waals surface area (Å²) in [6.07, 6.45) is 2.23. The molecule has 5 rings (SSSR count). The minimum absolute atomic E-state index is 0.221. The summed E-state index contributed by atoms with van der Waals surface area (Å²) in [7, 11) is 0. The van der Waals surface area contributed by atoms with E-state index in [1.165, 1.54) is 11.3 Å². The normalized spacial score (nSPS) is 16.3. The maximum atomic E-state index is 11.1. The average molecular weight is 447 g/mol. The molecule has 0 saturated heterocycles. The van der Waals surface area contributed by atoms with Gasteiger partial charge >= 0.3 is 5.97 Å². The van der Waals surface area contributed by atoms with Crippen LogP contribution in [0.25, 0.3) is 0 Å². The second kappa shape index (κ2) is 8.14. The second-order valence-corrected chi connectivity index (χ2v) is 8.48. The van der Waals surface area contributed by atoms with E-state index in [0.29, 0.717) is 44.9 Å². The van der Waals surface area contributed by atoms with Crippen molar-refractivity contribution >= 4 is 34.0 Å². The lowest BCUT2D eigenvalue weighted by atomic mass is 9.96. The maximum absolute atomic E-state index is 11.1. The Hall–Kier alpha value is -2.81. The van der Waals surface area contributed by atoms with Gasteiger partial charge in [0.15, 0.2) is 16.6 Å². The zero-order chi connectivity index (χ0) is 21.3. The molecule has 1 fully saturated rings. The number of nitrogens with two attached hydrogens (primary N) is 1. The van der Waals surface area contributed by atoms with E-state index < -0.39 is 17.5 Å². The maximum Gasteiger partial charge on any atom is 0.314 e. The van der Waals surface area contributed by atoms with Crippen LogP contribution in [0.15, 0.2) is 48.7 Å². The molecular formula is C21H19ClN2O5S. The molecule has 1 unspecified atom stereocenters. The molecule has 0 bridgehead atoms. The molecule has 0 radical (unpaired) electrons. The third-order valence-electron chi connectivity index (χ3n) is 5.10. The van der Waals surface area contributed by atoms with E-state index in [1.54, 1.807) is 30.5 Å². The number of fused-ring (bicyclic) bond motifs is 1. The summed E-state index contributed by atoms with van der Waals surface area (Å²) in [5.74, 6) is 0.598. The number of carboxylic acid groups (broad SMARTS) is 1. The summed E-state index contributed by atoms with van der Waals surface area (Å²) in [5.41, 5.74) is 6.32. The SMILES string of the molecule is Nc1ncc(C(O)c2ccccc2Cl)s1.O=C(O)C1(c2ccc3c(c2)OCO3)CC1. The predicted octanol–water partition coefficient (Wildman–Crippen LogP) is 3.99. The average Bonchev–Trinajstić information content (AvgIpc) is 3.23. The van der Waals surface area contributed by atoms with Crippen LogP contribution in [0.5, 0.6) is 11.5 Å². The number of carbonyl (C=O) groups is 1. The number of anilines is 1. The summed E-state index contributed by atoms with van der Waals surface area (Å²) in [6, 6.07) is 12.5. The number of ether oxygens (including phenoxy) is 2. The van der Waals surface area contributed by atoms with E-state index in [2.05, 4.69) is 4.98 Å². The van der Waals surface area contributed by atoms with Gasteiger partial charge in [0, 0.05) is 16.8 Å². The molecule has 0 spiro atoms. The fraction of sp³-hybridized carbons (Fsp3) is 0.238. The van der Waals surface area contributed by atoms with Crippen LogP contribution in [-0.4, -0.2) is 28.0 Å². The fourth-order valence-electron chi connectivity index (χ4n) is 3.22. The van der Waals surface area contributed by atoms with Crippen LogP contribution in [0.1, 0.15) is 34.9 Å². The standard InChI is InChI=1S/C11H10O4.C10H9ClN2OS/c12-10(13)11(3-4-11)7-1-2-8-9(5-7)15-6-14-8;11-7-4-2-1-3-6(7)9(14)8-5-13-10(12)15-8/h1-2,5H,3-4,6H2,(H,12,13);1-5,9,14H,(H2,12,13). The fourth-order valence-corrected chi connectivity index (χ4v) is 4.15. The molecule has 1 atom stereocenters. The first-order chi connectivity index (χ1) is 14.4. The molecule has 2 aromatic carbocycles. The summed E-state index contributed by atoms with van der Waals surface area (Å²) in [4.78, 5) is 15.7. The van der Waals surface area contributed by atoms with Crippen LogP contribution < -0.4 is 15.2 Å². The number of aliphatic hydroxyl groups is 1. The molecule has 4 N–H and O–H groups in total. The number of hydrogen-bond acceptors (Lipinski definition) is 7. The molecular weight excluding hydrogens is 428 g/mol. The van der Waals surface area contributed by atoms with Crippen molar-refractivity contribution < 1.29 is 24.5 Å². The van der Waals surface area contributed by atoms with Gasteiger partial charge < -0.3 is 25.4 Å². The van der Waals surface area contributed by atoms with E-state index in [4.69, 9.17) is 31.9 Å². The van der Waals surface area contributed by atoms with E-state index >= 15 is 0 Å². The number of halogens is 1. The molecule has 30 heavy (non-hydrogen) atoms. The van der Waals surface area contributed by atoms with Crippen molar-refractivity contribution in [2.24, 2.45) is 0 Å². The first-order valence-electron chi connectivity index (χ1n) is 9.18. The zero-order valence-electron chi connectivity index (χ0n) is 15.7. The van der Waals surface area contributed by atoms with Crippen molar-refractivity contribution in [1.29, 1.82) is 0 Å². The Morgan fingerprint density at radius 3 is 2.57 bits per heavy atom. The number of thiazole rings is 1. The summed E-state index contributed by atoms with van der Waals surface area (Å²) < 4.78 is 10.4. The quantitative estimate of drug-likeness (QED) is 0.555. The summed E-state index contributed by atoms with van der Waals surface area (Å²) in [5, 5.41) is 20.1. The number of aliphatic carboxylic acids is 1. The van der Waals surface area contributed by atoms with Gasteiger partial charge in [0.05, 0.1) is 10.3 Å². The minimum atomic E-state index is -0.756. The number of carboxylic acids is 1. The van der Waals surface area contributed by atoms with Crippen LogP contribution in [0, 0.1) is 0 Å². The number of benzene rings is 2. The van der Waals surface area contributed by atoms with Crippen molar-refractivity contribution in [3.8, 4) is 11.5 Å². The third kappa shape index (κ3) is 3.94. The molecule has 0 amide bonds. The van der Waals surface area contributed by atoms with Gasteiger partial charge in [0.1, 0.15) is 6.10 Å². The monoisotopic (exact) mass is 446 g/mol. The van der Waals surface area contributed by atoms with Crippen LogP contribution in [0.2, 0.25) is 5.02 Å². The Morgan fingerprint density at radius 2 is 1.93 bits per heavy atom. The number of rotatable bonds is 4. The summed E-state index contributed by atoms with van der Waals surface area (Å²) in [6.45, 7) is 0.221. The van der Waals surface area contributed by atoms with Crippen molar-refractivity contribution in [2.75, 3.05) is 12.5 Å². The van der Waals surface area contributed by atoms with Crippen molar-refractivity contribution in [1.82, 2.24) is 4.98 Å². The van der Waals surface area contributed by atoms with Crippen LogP contribution >= 0.6 is 22.9 Å². The number of nitrogen functional groups attached to an aromatic ring is 1. The van der Waals surface area contributed by atoms with Gasteiger partial charge in [-0.3, -0.25) is 4.79 Å². The van der Waals surface area contributed by atoms with E-state index in [-0.39, 0.29) is 6.79 Å². The Bertz CT molecular complexity index is 1080. The van der Waals surface area contributed by atoms with Gasteiger partial charge in [0.25, 0.3) is 0 Å². The van der Waals surface area contributed by atoms with E-state index in [0.717, 1.165) is 5.56 Å². The Kier molecular flexibility index (Phi) is 5.55. The van der Waals surface area contributed by atoms with E-state index in [1.807, 2.05) is 18.2 Å². The molecule has 2 heterocycles. The summed E-state index contributed by atoms with van der Waals surface area (Å²) >= 11 is 7.23. The lowest BCUT2D eigenvalue weighted by Gasteiger charge is -2.10. The highest BCUT2D eigenvalue weighted by Crippen LogP contribution is 2.50. The topological polar surface area (TPSA) is 115 Å². The van der Waals surface area contributed by atoms with Gasteiger partial charge in [-0.15, -0.1) is 0 Å². The molecule has 2 aliphatic rings. The molecule has 156 valence electrons. The third-order valence-corrected chi connectivity index (χ3v) is 6.32. The van der Waals surface area contributed by atoms with Crippen molar-refractivity contribution in [3.05, 3.63) is 69.7 Å². The molecule has 1 aromatic heterocycles. The number of aliphatic hydroxyl groups excluding tert-OH is 1. The predicted molar refractivity (Wildman–Crippen MR) is 113 cm³/mol. The number of hydrogen-bond donors (Lipinski definition) is 3. The van der Waals surface area contributed by atoms with Crippen molar-refractivity contribution in [3.63, 3.8) is 0 Å². The second-order valence-electron chi connectivity index (χ2n) is 6.98. The minimum Gasteiger partial charge on any atom is -0.481 e.